The number of hydrogen-bond acceptors (Lipinski definition) is 5. The van der Waals surface area contributed by atoms with E-state index in [4.69, 9.17) is 14.9 Å². The normalized spacial score (nSPS) is 15.9. The van der Waals surface area contributed by atoms with Gasteiger partial charge in [0.15, 0.2) is 5.17 Å². The maximum atomic E-state index is 12.7. The molecule has 0 unspecified atom stereocenters. The largest absolute Gasteiger partial charge is 0.490 e. The molecule has 1 N–H and O–H groups in total. The molecule has 2 aliphatic heterocycles. The zero-order valence-corrected chi connectivity index (χ0v) is 21.5. The van der Waals surface area contributed by atoms with Gasteiger partial charge in [-0.3, -0.25) is 15.1 Å². The van der Waals surface area contributed by atoms with Crippen molar-refractivity contribution >= 4 is 40.4 Å². The predicted octanol–water partition coefficient (Wildman–Crippen LogP) is 6.32. The first-order valence-electron chi connectivity index (χ1n) is 12.1. The molecular formula is C30H27N3O3S. The minimum absolute atomic E-state index is 0.120. The summed E-state index contributed by atoms with van der Waals surface area (Å²) in [6.07, 6.45) is 2.67. The minimum Gasteiger partial charge on any atom is -0.490 e. The number of aryl methyl sites for hydroxylation is 2. The first-order valence-corrected chi connectivity index (χ1v) is 13.0. The lowest BCUT2D eigenvalue weighted by molar-refractivity contribution is -0.114. The Morgan fingerprint density at radius 1 is 0.973 bits per heavy atom. The van der Waals surface area contributed by atoms with Gasteiger partial charge in [0.1, 0.15) is 30.5 Å². The number of carbonyl (C=O) groups is 1. The Bertz CT molecular complexity index is 1430. The number of hydrogen-bond donors (Lipinski definition) is 1. The van der Waals surface area contributed by atoms with Crippen molar-refractivity contribution in [2.75, 3.05) is 13.2 Å². The summed E-state index contributed by atoms with van der Waals surface area (Å²) in [5.41, 5.74) is 5.29. The third-order valence-corrected chi connectivity index (χ3v) is 6.84. The molecule has 0 spiro atoms. The molecule has 5 rings (SSSR count). The van der Waals surface area contributed by atoms with Gasteiger partial charge < -0.3 is 9.47 Å². The molecule has 0 fully saturated rings. The van der Waals surface area contributed by atoms with Crippen LogP contribution in [0.1, 0.15) is 29.2 Å². The molecule has 0 atom stereocenters. The van der Waals surface area contributed by atoms with Crippen LogP contribution >= 0.6 is 11.8 Å². The summed E-state index contributed by atoms with van der Waals surface area (Å²) in [4.78, 5) is 18.7. The summed E-state index contributed by atoms with van der Waals surface area (Å²) >= 11 is 1.36. The average molecular weight is 510 g/mol. The van der Waals surface area contributed by atoms with Gasteiger partial charge in [0.05, 0.1) is 11.3 Å². The lowest BCUT2D eigenvalue weighted by Crippen LogP contribution is -2.38. The highest BCUT2D eigenvalue weighted by Crippen LogP contribution is 2.37. The van der Waals surface area contributed by atoms with Crippen LogP contribution in [0.4, 0.5) is 0 Å². The van der Waals surface area contributed by atoms with E-state index in [0.717, 1.165) is 29.0 Å². The molecule has 3 aromatic rings. The quantitative estimate of drug-likeness (QED) is 0.284. The molecule has 37 heavy (non-hydrogen) atoms. The molecule has 0 aliphatic carbocycles. The monoisotopic (exact) mass is 509 g/mol. The summed E-state index contributed by atoms with van der Waals surface area (Å²) in [5.74, 6) is 1.27. The summed E-state index contributed by atoms with van der Waals surface area (Å²) in [6.45, 7) is 5.05. The molecule has 0 aromatic heterocycles. The number of benzene rings is 3. The Morgan fingerprint density at radius 3 is 2.43 bits per heavy atom. The second-order valence-electron chi connectivity index (χ2n) is 8.70. The van der Waals surface area contributed by atoms with Crippen LogP contribution in [0.25, 0.3) is 11.8 Å². The zero-order chi connectivity index (χ0) is 25.8. The van der Waals surface area contributed by atoms with Crippen LogP contribution in [0.5, 0.6) is 11.5 Å². The standard InChI is InChI=1S/C30H27N3O3S/c1-3-21-15-20(2)16-25(17-21)36-14-13-35-24-11-9-22(10-12-24)18-26-28(31)33-27(23-7-5-4-6-8-23)19-37-30(33)32-29(26)34/h4-12,15-19,31H,3,13-14H2,1-2H3. The highest BCUT2D eigenvalue weighted by atomic mass is 32.2. The molecule has 2 aliphatic rings. The first kappa shape index (κ1) is 24.6. The van der Waals surface area contributed by atoms with E-state index < -0.39 is 5.91 Å². The SMILES string of the molecule is CCc1cc(C)cc(OCCOc2ccc(C=C3C(=N)N4C(c5ccccc5)=CSC4=NC3=O)cc2)c1. The van der Waals surface area contributed by atoms with Crippen molar-refractivity contribution in [1.29, 1.82) is 5.41 Å². The predicted molar refractivity (Wildman–Crippen MR) is 150 cm³/mol. The number of rotatable bonds is 8. The van der Waals surface area contributed by atoms with Crippen LogP contribution in [0, 0.1) is 12.3 Å². The van der Waals surface area contributed by atoms with E-state index in [1.165, 1.54) is 22.9 Å². The summed E-state index contributed by atoms with van der Waals surface area (Å²) in [7, 11) is 0. The van der Waals surface area contributed by atoms with Gasteiger partial charge >= 0.3 is 0 Å². The number of nitrogens with one attached hydrogen (secondary N) is 1. The van der Waals surface area contributed by atoms with E-state index in [1.54, 1.807) is 11.0 Å². The fourth-order valence-corrected chi connectivity index (χ4v) is 5.06. The van der Waals surface area contributed by atoms with Crippen molar-refractivity contribution in [3.05, 3.63) is 106 Å². The molecule has 0 bridgehead atoms. The van der Waals surface area contributed by atoms with Gasteiger partial charge in [-0.1, -0.05) is 67.2 Å². The van der Waals surface area contributed by atoms with Crippen molar-refractivity contribution in [3.63, 3.8) is 0 Å². The van der Waals surface area contributed by atoms with Crippen molar-refractivity contribution in [3.8, 4) is 11.5 Å². The van der Waals surface area contributed by atoms with Crippen molar-refractivity contribution < 1.29 is 14.3 Å². The van der Waals surface area contributed by atoms with Crippen LogP contribution < -0.4 is 9.47 Å². The van der Waals surface area contributed by atoms with E-state index in [-0.39, 0.29) is 11.4 Å². The third kappa shape index (κ3) is 5.52. The van der Waals surface area contributed by atoms with E-state index in [9.17, 15) is 4.79 Å². The molecule has 0 saturated heterocycles. The van der Waals surface area contributed by atoms with Crippen molar-refractivity contribution in [1.82, 2.24) is 4.90 Å². The maximum Gasteiger partial charge on any atom is 0.283 e. The molecule has 2 heterocycles. The zero-order valence-electron chi connectivity index (χ0n) is 20.7. The average Bonchev–Trinajstić information content (AvgIpc) is 3.34. The topological polar surface area (TPSA) is 75.0 Å². The number of thioether (sulfide) groups is 1. The van der Waals surface area contributed by atoms with Gasteiger partial charge in [-0.15, -0.1) is 0 Å². The molecule has 6 nitrogen and oxygen atoms in total. The molecule has 0 saturated carbocycles. The fraction of sp³-hybridized carbons (Fsp3) is 0.167. The van der Waals surface area contributed by atoms with Crippen LogP contribution in [0.2, 0.25) is 0 Å². The number of carbonyl (C=O) groups excluding carboxylic acids is 1. The Hall–Kier alpha value is -4.10. The summed E-state index contributed by atoms with van der Waals surface area (Å²) in [5, 5.41) is 11.2. The Balaban J connectivity index is 1.22. The lowest BCUT2D eigenvalue weighted by Gasteiger charge is -2.26. The number of nitrogens with zero attached hydrogens (tertiary/aromatic N) is 2. The maximum absolute atomic E-state index is 12.7. The number of amidine groups is 2. The minimum atomic E-state index is -0.411. The van der Waals surface area contributed by atoms with Gasteiger partial charge in [0, 0.05) is 5.41 Å². The van der Waals surface area contributed by atoms with Gasteiger partial charge in [-0.2, -0.15) is 4.99 Å². The molecule has 186 valence electrons. The Kier molecular flexibility index (Phi) is 7.23. The smallest absolute Gasteiger partial charge is 0.283 e. The lowest BCUT2D eigenvalue weighted by atomic mass is 10.1. The number of ether oxygens (including phenoxy) is 2. The van der Waals surface area contributed by atoms with Crippen LogP contribution in [-0.2, 0) is 11.2 Å². The number of amides is 1. The summed E-state index contributed by atoms with van der Waals surface area (Å²) in [6, 6.07) is 23.5. The highest BCUT2D eigenvalue weighted by molar-refractivity contribution is 8.17. The first-order chi connectivity index (χ1) is 18.0. The van der Waals surface area contributed by atoms with E-state index >= 15 is 0 Å². The van der Waals surface area contributed by atoms with E-state index in [1.807, 2.05) is 66.1 Å². The van der Waals surface area contributed by atoms with Crippen LogP contribution in [0.15, 0.2) is 88.8 Å². The summed E-state index contributed by atoms with van der Waals surface area (Å²) < 4.78 is 11.7. The van der Waals surface area contributed by atoms with Crippen molar-refractivity contribution in [2.45, 2.75) is 20.3 Å². The Labute approximate surface area is 220 Å². The third-order valence-electron chi connectivity index (χ3n) is 6.01. The molecule has 3 aromatic carbocycles. The van der Waals surface area contributed by atoms with Gasteiger partial charge in [0.2, 0.25) is 0 Å². The van der Waals surface area contributed by atoms with Crippen LogP contribution in [-0.4, -0.2) is 35.0 Å². The molecular weight excluding hydrogens is 482 g/mol. The van der Waals surface area contributed by atoms with Crippen molar-refractivity contribution in [2.24, 2.45) is 4.99 Å². The Morgan fingerprint density at radius 2 is 1.70 bits per heavy atom. The van der Waals surface area contributed by atoms with Gasteiger partial charge in [-0.05, 0) is 65.9 Å². The second kappa shape index (κ2) is 10.9. The van der Waals surface area contributed by atoms with Crippen LogP contribution in [0.3, 0.4) is 0 Å². The second-order valence-corrected chi connectivity index (χ2v) is 9.54. The molecule has 0 radical (unpaired) electrons. The highest BCUT2D eigenvalue weighted by Gasteiger charge is 2.36. The number of aliphatic imine (C=N–C) groups is 1. The molecule has 1 amide bonds. The van der Waals surface area contributed by atoms with Gasteiger partial charge in [-0.25, -0.2) is 0 Å². The van der Waals surface area contributed by atoms with Gasteiger partial charge in [0.25, 0.3) is 5.91 Å². The number of fused-ring (bicyclic) bond motifs is 1. The van der Waals surface area contributed by atoms with E-state index in [2.05, 4.69) is 31.0 Å². The molecule has 7 heteroatoms. The fourth-order valence-electron chi connectivity index (χ4n) is 4.17. The van der Waals surface area contributed by atoms with E-state index in [0.29, 0.717) is 24.1 Å².